The van der Waals surface area contributed by atoms with Crippen LogP contribution in [0.2, 0.25) is 0 Å². The quantitative estimate of drug-likeness (QED) is 0.923. The van der Waals surface area contributed by atoms with Crippen LogP contribution >= 0.6 is 0 Å². The van der Waals surface area contributed by atoms with Gasteiger partial charge in [-0.15, -0.1) is 0 Å². The fourth-order valence-electron chi connectivity index (χ4n) is 2.94. The van der Waals surface area contributed by atoms with Crippen molar-refractivity contribution in [2.24, 2.45) is 5.92 Å². The predicted octanol–water partition coefficient (Wildman–Crippen LogP) is 3.37. The number of alkyl halides is 3. The van der Waals surface area contributed by atoms with Crippen molar-refractivity contribution >= 4 is 17.4 Å². The smallest absolute Gasteiger partial charge is 0.326 e. The number of pyridine rings is 1. The fraction of sp³-hybridized carbons (Fsp3) is 0.333. The molecule has 0 radical (unpaired) electrons. The topological polar surface area (TPSA) is 46.5 Å². The number of aromatic nitrogens is 1. The molecule has 0 unspecified atom stereocenters. The highest BCUT2D eigenvalue weighted by molar-refractivity contribution is 5.92. The minimum atomic E-state index is -4.35. The van der Waals surface area contributed by atoms with Crippen LogP contribution in [0.25, 0.3) is 0 Å². The number of carbonyl (C=O) groups excluding carboxylic acids is 1. The Morgan fingerprint density at radius 2 is 1.76 bits per heavy atom. The molecule has 2 heterocycles. The number of carbonyl (C=O) groups is 1. The molecular weight excluding hydrogens is 331 g/mol. The molecule has 1 amide bonds. The summed E-state index contributed by atoms with van der Waals surface area (Å²) in [6.45, 7) is 1.24. The van der Waals surface area contributed by atoms with E-state index in [1.165, 1.54) is 6.07 Å². The molecular formula is C18H19F3N3O+. The number of amides is 1. The van der Waals surface area contributed by atoms with Crippen LogP contribution in [0.15, 0.2) is 48.7 Å². The minimum absolute atomic E-state index is 0.0118. The summed E-state index contributed by atoms with van der Waals surface area (Å²) in [5, 5.41) is 2.90. The average molecular weight is 350 g/mol. The third-order valence-electron chi connectivity index (χ3n) is 4.37. The van der Waals surface area contributed by atoms with Crippen LogP contribution in [-0.4, -0.2) is 19.0 Å². The van der Waals surface area contributed by atoms with Gasteiger partial charge < -0.3 is 5.32 Å². The minimum Gasteiger partial charge on any atom is -0.326 e. The van der Waals surface area contributed by atoms with E-state index in [9.17, 15) is 18.0 Å². The molecule has 1 aliphatic rings. The number of anilines is 2. The number of piperidine rings is 1. The van der Waals surface area contributed by atoms with Crippen molar-refractivity contribution in [3.05, 3.63) is 54.2 Å². The lowest BCUT2D eigenvalue weighted by molar-refractivity contribution is -0.367. The first kappa shape index (κ1) is 17.3. The lowest BCUT2D eigenvalue weighted by Crippen LogP contribution is -2.40. The molecule has 2 N–H and O–H groups in total. The lowest BCUT2D eigenvalue weighted by Gasteiger charge is -2.27. The van der Waals surface area contributed by atoms with Crippen LogP contribution in [0.1, 0.15) is 18.4 Å². The van der Waals surface area contributed by atoms with Crippen LogP contribution in [0.4, 0.5) is 24.7 Å². The molecule has 0 bridgehead atoms. The Labute approximate surface area is 143 Å². The van der Waals surface area contributed by atoms with E-state index < -0.39 is 11.7 Å². The molecule has 2 aromatic rings. The molecule has 132 valence electrons. The zero-order chi connectivity index (χ0) is 17.9. The molecule has 0 saturated carbocycles. The number of rotatable bonds is 3. The highest BCUT2D eigenvalue weighted by Crippen LogP contribution is 2.29. The van der Waals surface area contributed by atoms with Gasteiger partial charge in [0.25, 0.3) is 5.82 Å². The maximum Gasteiger partial charge on any atom is 0.419 e. The second-order valence-electron chi connectivity index (χ2n) is 6.08. The zero-order valence-electron chi connectivity index (χ0n) is 13.5. The van der Waals surface area contributed by atoms with E-state index in [1.54, 1.807) is 0 Å². The van der Waals surface area contributed by atoms with Gasteiger partial charge in [-0.3, -0.25) is 9.69 Å². The lowest BCUT2D eigenvalue weighted by atomic mass is 9.95. The highest BCUT2D eigenvalue weighted by atomic mass is 19.4. The van der Waals surface area contributed by atoms with E-state index in [0.29, 0.717) is 31.7 Å². The van der Waals surface area contributed by atoms with Gasteiger partial charge in [-0.1, -0.05) is 18.2 Å². The summed E-state index contributed by atoms with van der Waals surface area (Å²) in [4.78, 5) is 17.0. The summed E-state index contributed by atoms with van der Waals surface area (Å²) in [6, 6.07) is 11.8. The number of hydrogen-bond acceptors (Lipinski definition) is 2. The number of nitrogens with zero attached hydrogens (tertiary/aromatic N) is 1. The van der Waals surface area contributed by atoms with E-state index in [-0.39, 0.29) is 11.8 Å². The Hall–Kier alpha value is -2.57. The van der Waals surface area contributed by atoms with Crippen LogP contribution in [0.3, 0.4) is 0 Å². The Bertz CT molecular complexity index is 709. The molecule has 1 fully saturated rings. The third-order valence-corrected chi connectivity index (χ3v) is 4.37. The van der Waals surface area contributed by atoms with Crippen molar-refractivity contribution in [2.45, 2.75) is 19.0 Å². The standard InChI is InChI=1S/C18H18F3N3O/c19-18(20,21)14-6-7-16(22-12-14)24-10-8-13(9-11-24)17(25)23-15-4-2-1-3-5-15/h1-7,12-13H,8-11H2,(H,23,25)/p+1. The predicted molar refractivity (Wildman–Crippen MR) is 88.0 cm³/mol. The Morgan fingerprint density at radius 1 is 1.08 bits per heavy atom. The van der Waals surface area contributed by atoms with Gasteiger partial charge in [-0.25, -0.2) is 4.98 Å². The summed E-state index contributed by atoms with van der Waals surface area (Å²) < 4.78 is 37.8. The number of hydrogen-bond donors (Lipinski definition) is 1. The fourth-order valence-corrected chi connectivity index (χ4v) is 2.94. The number of H-pyrrole nitrogens is 1. The second kappa shape index (κ2) is 7.13. The molecule has 4 nitrogen and oxygen atoms in total. The normalized spacial score (nSPS) is 15.9. The van der Waals surface area contributed by atoms with Crippen molar-refractivity contribution in [1.82, 2.24) is 0 Å². The molecule has 1 aromatic heterocycles. The Balaban J connectivity index is 1.55. The largest absolute Gasteiger partial charge is 0.419 e. The number of halogens is 3. The summed E-state index contributed by atoms with van der Waals surface area (Å²) in [5.74, 6) is 0.531. The van der Waals surface area contributed by atoms with Crippen LogP contribution in [0.5, 0.6) is 0 Å². The van der Waals surface area contributed by atoms with Gasteiger partial charge in [0.2, 0.25) is 5.91 Å². The van der Waals surface area contributed by atoms with E-state index in [4.69, 9.17) is 0 Å². The Morgan fingerprint density at radius 3 is 2.32 bits per heavy atom. The molecule has 0 atom stereocenters. The summed E-state index contributed by atoms with van der Waals surface area (Å²) in [5.41, 5.74) is 0.0689. The number of aromatic amines is 1. The van der Waals surface area contributed by atoms with Gasteiger partial charge in [0.05, 0.1) is 18.7 Å². The molecule has 7 heteroatoms. The van der Waals surface area contributed by atoms with E-state index >= 15 is 0 Å². The first-order valence-electron chi connectivity index (χ1n) is 8.13. The van der Waals surface area contributed by atoms with Gasteiger partial charge in [0, 0.05) is 17.7 Å². The monoisotopic (exact) mass is 350 g/mol. The maximum absolute atomic E-state index is 12.6. The maximum atomic E-state index is 12.6. The summed E-state index contributed by atoms with van der Waals surface area (Å²) in [7, 11) is 0. The van der Waals surface area contributed by atoms with Crippen LogP contribution in [0, 0.1) is 5.92 Å². The van der Waals surface area contributed by atoms with E-state index in [0.717, 1.165) is 18.0 Å². The van der Waals surface area contributed by atoms with Gasteiger partial charge in [0.15, 0.2) is 0 Å². The number of nitrogens with one attached hydrogen (secondary N) is 2. The summed E-state index contributed by atoms with van der Waals surface area (Å²) in [6.07, 6.45) is -2.05. The average Bonchev–Trinajstić information content (AvgIpc) is 2.62. The van der Waals surface area contributed by atoms with Crippen molar-refractivity contribution in [3.63, 3.8) is 0 Å². The van der Waals surface area contributed by atoms with Gasteiger partial charge in [-0.05, 0) is 31.0 Å². The van der Waals surface area contributed by atoms with Crippen molar-refractivity contribution in [3.8, 4) is 0 Å². The van der Waals surface area contributed by atoms with Crippen molar-refractivity contribution < 1.29 is 22.9 Å². The molecule has 1 aliphatic heterocycles. The highest BCUT2D eigenvalue weighted by Gasteiger charge is 2.33. The van der Waals surface area contributed by atoms with Gasteiger partial charge in [-0.2, -0.15) is 13.2 Å². The van der Waals surface area contributed by atoms with E-state index in [1.807, 2.05) is 35.2 Å². The van der Waals surface area contributed by atoms with Crippen LogP contribution < -0.4 is 15.2 Å². The summed E-state index contributed by atoms with van der Waals surface area (Å²) >= 11 is 0. The number of benzene rings is 1. The Kier molecular flexibility index (Phi) is 4.92. The first-order chi connectivity index (χ1) is 11.9. The van der Waals surface area contributed by atoms with Gasteiger partial charge >= 0.3 is 6.18 Å². The third kappa shape index (κ3) is 4.29. The molecule has 3 rings (SSSR count). The number of para-hydroxylation sites is 1. The second-order valence-corrected chi connectivity index (χ2v) is 6.08. The SMILES string of the molecule is O=C(Nc1ccccc1)C1CCN(c2ccc(C(F)(F)F)c[nH+]2)CC1. The van der Waals surface area contributed by atoms with E-state index in [2.05, 4.69) is 10.3 Å². The molecule has 0 aliphatic carbocycles. The van der Waals surface area contributed by atoms with Crippen molar-refractivity contribution in [1.29, 1.82) is 0 Å². The molecule has 1 aromatic carbocycles. The van der Waals surface area contributed by atoms with Crippen LogP contribution in [-0.2, 0) is 11.0 Å². The molecule has 1 saturated heterocycles. The zero-order valence-corrected chi connectivity index (χ0v) is 13.5. The van der Waals surface area contributed by atoms with Gasteiger partial charge in [0.1, 0.15) is 6.20 Å². The first-order valence-corrected chi connectivity index (χ1v) is 8.13. The molecule has 25 heavy (non-hydrogen) atoms. The molecule has 0 spiro atoms. The van der Waals surface area contributed by atoms with Crippen molar-refractivity contribution in [2.75, 3.05) is 23.3 Å².